The number of carbonyl (C=O) groups is 2. The first-order valence-electron chi connectivity index (χ1n) is 9.50. The molecule has 0 saturated heterocycles. The second-order valence-corrected chi connectivity index (χ2v) is 6.32. The summed E-state index contributed by atoms with van der Waals surface area (Å²) < 4.78 is 4.72. The average molecular weight is 328 g/mol. The molecule has 0 N–H and O–H groups in total. The van der Waals surface area contributed by atoms with Crippen LogP contribution in [0.2, 0.25) is 0 Å². The number of esters is 1. The molecule has 4 nitrogen and oxygen atoms in total. The number of amides is 1. The molecule has 0 aromatic heterocycles. The van der Waals surface area contributed by atoms with E-state index in [1.165, 1.54) is 52.1 Å². The largest absolute Gasteiger partial charge is 0.468 e. The van der Waals surface area contributed by atoms with Crippen molar-refractivity contribution in [3.8, 4) is 0 Å². The topological polar surface area (TPSA) is 46.6 Å². The molecular weight excluding hydrogens is 290 g/mol. The SMILES string of the molecule is CCCCCCCCN(CC(=O)OC)C(=O)CCCCCCC. The molecular formula is C19H37NO3. The Bertz CT molecular complexity index is 305. The van der Waals surface area contributed by atoms with Crippen LogP contribution in [-0.2, 0) is 14.3 Å². The lowest BCUT2D eigenvalue weighted by Gasteiger charge is -2.21. The van der Waals surface area contributed by atoms with Gasteiger partial charge in [0.25, 0.3) is 0 Å². The second kappa shape index (κ2) is 15.8. The highest BCUT2D eigenvalue weighted by Crippen LogP contribution is 2.10. The maximum absolute atomic E-state index is 12.3. The van der Waals surface area contributed by atoms with E-state index in [1.54, 1.807) is 4.90 Å². The number of nitrogens with zero attached hydrogens (tertiary/aromatic N) is 1. The molecule has 0 aliphatic rings. The number of methoxy groups -OCH3 is 1. The number of carbonyl (C=O) groups excluding carboxylic acids is 2. The summed E-state index contributed by atoms with van der Waals surface area (Å²) in [5.74, 6) is -0.226. The summed E-state index contributed by atoms with van der Waals surface area (Å²) in [5, 5.41) is 0. The number of hydrogen-bond acceptors (Lipinski definition) is 3. The maximum Gasteiger partial charge on any atom is 0.325 e. The molecule has 4 heteroatoms. The summed E-state index contributed by atoms with van der Waals surface area (Å²) in [5.41, 5.74) is 0. The van der Waals surface area contributed by atoms with Crippen molar-refractivity contribution in [2.75, 3.05) is 20.2 Å². The Labute approximate surface area is 143 Å². The first kappa shape index (κ1) is 21.9. The highest BCUT2D eigenvalue weighted by atomic mass is 16.5. The minimum atomic E-state index is -0.324. The van der Waals surface area contributed by atoms with E-state index >= 15 is 0 Å². The molecule has 0 atom stereocenters. The third-order valence-corrected chi connectivity index (χ3v) is 4.18. The van der Waals surface area contributed by atoms with Crippen LogP contribution in [0.15, 0.2) is 0 Å². The molecule has 0 heterocycles. The Kier molecular flexibility index (Phi) is 15.1. The van der Waals surface area contributed by atoms with Gasteiger partial charge in [0.1, 0.15) is 6.54 Å². The normalized spacial score (nSPS) is 10.6. The van der Waals surface area contributed by atoms with E-state index in [1.807, 2.05) is 0 Å². The van der Waals surface area contributed by atoms with Gasteiger partial charge in [0.05, 0.1) is 7.11 Å². The van der Waals surface area contributed by atoms with Crippen molar-refractivity contribution in [2.24, 2.45) is 0 Å². The lowest BCUT2D eigenvalue weighted by atomic mass is 10.1. The van der Waals surface area contributed by atoms with Gasteiger partial charge in [0, 0.05) is 13.0 Å². The lowest BCUT2D eigenvalue weighted by molar-refractivity contribution is -0.147. The number of unbranched alkanes of at least 4 members (excludes halogenated alkanes) is 9. The van der Waals surface area contributed by atoms with Gasteiger partial charge in [-0.25, -0.2) is 0 Å². The van der Waals surface area contributed by atoms with Crippen molar-refractivity contribution in [3.63, 3.8) is 0 Å². The number of ether oxygens (including phenoxy) is 1. The lowest BCUT2D eigenvalue weighted by Crippen LogP contribution is -2.36. The zero-order valence-corrected chi connectivity index (χ0v) is 15.6. The predicted molar refractivity (Wildman–Crippen MR) is 95.3 cm³/mol. The van der Waals surface area contributed by atoms with Crippen molar-refractivity contribution in [1.29, 1.82) is 0 Å². The van der Waals surface area contributed by atoms with Crippen LogP contribution in [0.1, 0.15) is 90.9 Å². The summed E-state index contributed by atoms with van der Waals surface area (Å²) in [6.45, 7) is 5.16. The van der Waals surface area contributed by atoms with E-state index in [9.17, 15) is 9.59 Å². The number of rotatable bonds is 15. The molecule has 0 saturated carbocycles. The highest BCUT2D eigenvalue weighted by molar-refractivity contribution is 5.81. The van der Waals surface area contributed by atoms with E-state index < -0.39 is 0 Å². The molecule has 23 heavy (non-hydrogen) atoms. The van der Waals surface area contributed by atoms with Gasteiger partial charge in [-0.1, -0.05) is 71.6 Å². The van der Waals surface area contributed by atoms with E-state index in [4.69, 9.17) is 4.74 Å². The van der Waals surface area contributed by atoms with Gasteiger partial charge in [-0.05, 0) is 12.8 Å². The van der Waals surface area contributed by atoms with Gasteiger partial charge < -0.3 is 9.64 Å². The van der Waals surface area contributed by atoms with E-state index in [0.717, 1.165) is 25.7 Å². The molecule has 0 aliphatic heterocycles. The molecule has 136 valence electrons. The molecule has 0 bridgehead atoms. The van der Waals surface area contributed by atoms with Crippen LogP contribution in [0, 0.1) is 0 Å². The summed E-state index contributed by atoms with van der Waals surface area (Å²) in [4.78, 5) is 25.5. The molecule has 0 radical (unpaired) electrons. The number of hydrogen-bond donors (Lipinski definition) is 0. The summed E-state index contributed by atoms with van der Waals surface area (Å²) in [7, 11) is 1.38. The van der Waals surface area contributed by atoms with Crippen LogP contribution in [-0.4, -0.2) is 37.0 Å². The van der Waals surface area contributed by atoms with Crippen LogP contribution in [0.3, 0.4) is 0 Å². The molecule has 0 aromatic rings. The smallest absolute Gasteiger partial charge is 0.325 e. The molecule has 0 rings (SSSR count). The van der Waals surface area contributed by atoms with Gasteiger partial charge in [0.15, 0.2) is 0 Å². The van der Waals surface area contributed by atoms with E-state index in [0.29, 0.717) is 13.0 Å². The predicted octanol–water partition coefficient (Wildman–Crippen LogP) is 4.71. The van der Waals surface area contributed by atoms with E-state index in [2.05, 4.69) is 13.8 Å². The molecule has 1 amide bonds. The summed E-state index contributed by atoms with van der Waals surface area (Å²) in [6.07, 6.45) is 13.3. The Morgan fingerprint density at radius 3 is 1.87 bits per heavy atom. The van der Waals surface area contributed by atoms with Gasteiger partial charge in [0.2, 0.25) is 5.91 Å². The first-order valence-corrected chi connectivity index (χ1v) is 9.50. The van der Waals surface area contributed by atoms with Crippen molar-refractivity contribution in [2.45, 2.75) is 90.9 Å². The average Bonchev–Trinajstić information content (AvgIpc) is 2.56. The molecule has 0 fully saturated rings. The summed E-state index contributed by atoms with van der Waals surface area (Å²) in [6, 6.07) is 0. The Morgan fingerprint density at radius 1 is 0.783 bits per heavy atom. The van der Waals surface area contributed by atoms with Crippen LogP contribution in [0.4, 0.5) is 0 Å². The van der Waals surface area contributed by atoms with Crippen molar-refractivity contribution < 1.29 is 14.3 Å². The van der Waals surface area contributed by atoms with Gasteiger partial charge >= 0.3 is 5.97 Å². The third-order valence-electron chi connectivity index (χ3n) is 4.18. The third kappa shape index (κ3) is 13.1. The van der Waals surface area contributed by atoms with Crippen LogP contribution in [0.25, 0.3) is 0 Å². The Balaban J connectivity index is 4.06. The minimum Gasteiger partial charge on any atom is -0.468 e. The highest BCUT2D eigenvalue weighted by Gasteiger charge is 2.16. The maximum atomic E-state index is 12.3. The van der Waals surface area contributed by atoms with Gasteiger partial charge in [-0.15, -0.1) is 0 Å². The first-order chi connectivity index (χ1) is 11.2. The fraction of sp³-hybridized carbons (Fsp3) is 0.895. The Hall–Kier alpha value is -1.06. The molecule has 0 aliphatic carbocycles. The quantitative estimate of drug-likeness (QED) is 0.323. The molecule has 0 spiro atoms. The van der Waals surface area contributed by atoms with Crippen LogP contribution < -0.4 is 0 Å². The summed E-state index contributed by atoms with van der Waals surface area (Å²) >= 11 is 0. The van der Waals surface area contributed by atoms with Crippen molar-refractivity contribution in [1.82, 2.24) is 4.90 Å². The second-order valence-electron chi connectivity index (χ2n) is 6.32. The monoisotopic (exact) mass is 327 g/mol. The fourth-order valence-corrected chi connectivity index (χ4v) is 2.63. The molecule has 0 unspecified atom stereocenters. The van der Waals surface area contributed by atoms with Crippen molar-refractivity contribution >= 4 is 11.9 Å². The van der Waals surface area contributed by atoms with E-state index in [-0.39, 0.29) is 18.4 Å². The Morgan fingerprint density at radius 2 is 1.30 bits per heavy atom. The fourth-order valence-electron chi connectivity index (χ4n) is 2.63. The molecule has 0 aromatic carbocycles. The van der Waals surface area contributed by atoms with Crippen LogP contribution in [0.5, 0.6) is 0 Å². The van der Waals surface area contributed by atoms with Gasteiger partial charge in [-0.2, -0.15) is 0 Å². The van der Waals surface area contributed by atoms with Crippen LogP contribution >= 0.6 is 0 Å². The zero-order chi connectivity index (χ0) is 17.3. The minimum absolute atomic E-state index is 0.0965. The zero-order valence-electron chi connectivity index (χ0n) is 15.6. The van der Waals surface area contributed by atoms with Crippen molar-refractivity contribution in [3.05, 3.63) is 0 Å². The standard InChI is InChI=1S/C19H37NO3/c1-4-6-8-10-12-14-16-20(17-19(22)23-3)18(21)15-13-11-9-7-5-2/h4-17H2,1-3H3. The van der Waals surface area contributed by atoms with Gasteiger partial charge in [-0.3, -0.25) is 9.59 Å².